The third-order valence-electron chi connectivity index (χ3n) is 2.65. The average Bonchev–Trinajstić information content (AvgIpc) is 2.21. The Kier molecular flexibility index (Phi) is 3.93. The standard InChI is InChI=1S/C11H18N2O2S/c1-9-4-5-11(8-10(9)2)13(3)16(14,15)7-6-12/h4-5,8H,6-7,12H2,1-3H3. The van der Waals surface area contributed by atoms with Gasteiger partial charge in [-0.3, -0.25) is 4.31 Å². The fraction of sp³-hybridized carbons (Fsp3) is 0.455. The van der Waals surface area contributed by atoms with Crippen molar-refractivity contribution in [2.45, 2.75) is 13.8 Å². The van der Waals surface area contributed by atoms with Crippen LogP contribution in [-0.4, -0.2) is 27.8 Å². The van der Waals surface area contributed by atoms with Crippen LogP contribution >= 0.6 is 0 Å². The molecule has 0 fully saturated rings. The molecule has 0 radical (unpaired) electrons. The third-order valence-corrected chi connectivity index (χ3v) is 4.44. The van der Waals surface area contributed by atoms with Crippen LogP contribution in [0.1, 0.15) is 11.1 Å². The van der Waals surface area contributed by atoms with Gasteiger partial charge in [0, 0.05) is 13.6 Å². The van der Waals surface area contributed by atoms with Crippen LogP contribution in [0.25, 0.3) is 0 Å². The van der Waals surface area contributed by atoms with Crippen molar-refractivity contribution in [3.8, 4) is 0 Å². The summed E-state index contributed by atoms with van der Waals surface area (Å²) in [4.78, 5) is 0. The molecule has 0 amide bonds. The van der Waals surface area contributed by atoms with Gasteiger partial charge in [0.05, 0.1) is 11.4 Å². The van der Waals surface area contributed by atoms with E-state index in [1.54, 1.807) is 13.1 Å². The lowest BCUT2D eigenvalue weighted by Crippen LogP contribution is -2.31. The molecule has 0 unspecified atom stereocenters. The summed E-state index contributed by atoms with van der Waals surface area (Å²) in [5, 5.41) is 0. The van der Waals surface area contributed by atoms with Gasteiger partial charge in [0.15, 0.2) is 0 Å². The molecule has 16 heavy (non-hydrogen) atoms. The van der Waals surface area contributed by atoms with Crippen molar-refractivity contribution >= 4 is 15.7 Å². The molecule has 0 aromatic heterocycles. The van der Waals surface area contributed by atoms with Crippen LogP contribution in [0.15, 0.2) is 18.2 Å². The average molecular weight is 242 g/mol. The Morgan fingerprint density at radius 2 is 1.88 bits per heavy atom. The molecule has 0 saturated heterocycles. The van der Waals surface area contributed by atoms with Gasteiger partial charge in [-0.1, -0.05) is 6.07 Å². The highest BCUT2D eigenvalue weighted by atomic mass is 32.2. The summed E-state index contributed by atoms with van der Waals surface area (Å²) in [5.41, 5.74) is 8.18. The minimum absolute atomic E-state index is 0.0313. The van der Waals surface area contributed by atoms with E-state index in [1.165, 1.54) is 4.31 Å². The van der Waals surface area contributed by atoms with Crippen LogP contribution < -0.4 is 10.0 Å². The van der Waals surface area contributed by atoms with Crippen molar-refractivity contribution in [1.82, 2.24) is 0 Å². The van der Waals surface area contributed by atoms with Crippen LogP contribution in [0.2, 0.25) is 0 Å². The van der Waals surface area contributed by atoms with E-state index in [1.807, 2.05) is 26.0 Å². The predicted octanol–water partition coefficient (Wildman–Crippen LogP) is 1.03. The second-order valence-corrected chi connectivity index (χ2v) is 5.96. The molecule has 0 aliphatic heterocycles. The lowest BCUT2D eigenvalue weighted by atomic mass is 10.1. The molecular formula is C11H18N2O2S. The summed E-state index contributed by atoms with van der Waals surface area (Å²) in [5.74, 6) is -0.0313. The highest BCUT2D eigenvalue weighted by molar-refractivity contribution is 7.92. The van der Waals surface area contributed by atoms with Crippen LogP contribution in [0.5, 0.6) is 0 Å². The SMILES string of the molecule is Cc1ccc(N(C)S(=O)(=O)CCN)cc1C. The number of benzene rings is 1. The lowest BCUT2D eigenvalue weighted by Gasteiger charge is -2.19. The van der Waals surface area contributed by atoms with E-state index in [9.17, 15) is 8.42 Å². The Morgan fingerprint density at radius 3 is 2.38 bits per heavy atom. The van der Waals surface area contributed by atoms with Crippen molar-refractivity contribution in [1.29, 1.82) is 0 Å². The molecule has 1 aromatic rings. The third kappa shape index (κ3) is 2.74. The normalized spacial score (nSPS) is 11.5. The zero-order chi connectivity index (χ0) is 12.3. The van der Waals surface area contributed by atoms with Crippen molar-refractivity contribution in [2.75, 3.05) is 23.7 Å². The second-order valence-electron chi connectivity index (χ2n) is 3.84. The van der Waals surface area contributed by atoms with E-state index in [0.29, 0.717) is 5.69 Å². The molecule has 5 heteroatoms. The van der Waals surface area contributed by atoms with E-state index in [2.05, 4.69) is 0 Å². The molecule has 0 saturated carbocycles. The Morgan fingerprint density at radius 1 is 1.25 bits per heavy atom. The number of rotatable bonds is 4. The summed E-state index contributed by atoms with van der Waals surface area (Å²) < 4.78 is 24.8. The molecule has 0 bridgehead atoms. The monoisotopic (exact) mass is 242 g/mol. The molecule has 4 nitrogen and oxygen atoms in total. The van der Waals surface area contributed by atoms with Crippen LogP contribution in [0, 0.1) is 13.8 Å². The summed E-state index contributed by atoms with van der Waals surface area (Å²) in [6.45, 7) is 4.09. The minimum Gasteiger partial charge on any atom is -0.329 e. The van der Waals surface area contributed by atoms with Gasteiger partial charge in [-0.2, -0.15) is 0 Å². The summed E-state index contributed by atoms with van der Waals surface area (Å²) in [6.07, 6.45) is 0. The van der Waals surface area contributed by atoms with E-state index < -0.39 is 10.0 Å². The zero-order valence-electron chi connectivity index (χ0n) is 9.90. The largest absolute Gasteiger partial charge is 0.329 e. The fourth-order valence-corrected chi connectivity index (χ4v) is 2.37. The topological polar surface area (TPSA) is 63.4 Å². The molecule has 1 rings (SSSR count). The van der Waals surface area contributed by atoms with Crippen LogP contribution in [0.4, 0.5) is 5.69 Å². The Bertz CT molecular complexity index is 469. The molecule has 1 aromatic carbocycles. The van der Waals surface area contributed by atoms with Gasteiger partial charge in [-0.05, 0) is 37.1 Å². The Hall–Kier alpha value is -1.07. The molecule has 0 heterocycles. The fourth-order valence-electron chi connectivity index (χ4n) is 1.37. The molecule has 0 aliphatic rings. The first-order valence-electron chi connectivity index (χ1n) is 5.12. The van der Waals surface area contributed by atoms with E-state index in [-0.39, 0.29) is 12.3 Å². The Balaban J connectivity index is 3.05. The first-order chi connectivity index (χ1) is 7.38. The Labute approximate surface area is 97.1 Å². The van der Waals surface area contributed by atoms with Crippen LogP contribution in [-0.2, 0) is 10.0 Å². The molecule has 0 spiro atoms. The zero-order valence-corrected chi connectivity index (χ0v) is 10.7. The first-order valence-corrected chi connectivity index (χ1v) is 6.73. The van der Waals surface area contributed by atoms with Gasteiger partial charge in [-0.15, -0.1) is 0 Å². The number of nitrogens with zero attached hydrogens (tertiary/aromatic N) is 1. The van der Waals surface area contributed by atoms with Crippen molar-refractivity contribution in [2.24, 2.45) is 5.73 Å². The quantitative estimate of drug-likeness (QED) is 0.857. The summed E-state index contributed by atoms with van der Waals surface area (Å²) in [6, 6.07) is 5.58. The van der Waals surface area contributed by atoms with Gasteiger partial charge in [0.25, 0.3) is 0 Å². The maximum Gasteiger partial charge on any atom is 0.236 e. The van der Waals surface area contributed by atoms with Crippen molar-refractivity contribution in [3.05, 3.63) is 29.3 Å². The number of hydrogen-bond donors (Lipinski definition) is 1. The number of hydrogen-bond acceptors (Lipinski definition) is 3. The smallest absolute Gasteiger partial charge is 0.236 e. The van der Waals surface area contributed by atoms with Gasteiger partial charge < -0.3 is 5.73 Å². The summed E-state index contributed by atoms with van der Waals surface area (Å²) >= 11 is 0. The molecular weight excluding hydrogens is 224 g/mol. The molecule has 90 valence electrons. The van der Waals surface area contributed by atoms with Gasteiger partial charge >= 0.3 is 0 Å². The summed E-state index contributed by atoms with van der Waals surface area (Å²) in [7, 11) is -1.73. The predicted molar refractivity (Wildman–Crippen MR) is 67.2 cm³/mol. The van der Waals surface area contributed by atoms with Crippen LogP contribution in [0.3, 0.4) is 0 Å². The minimum atomic E-state index is -3.28. The van der Waals surface area contributed by atoms with Gasteiger partial charge in [0.2, 0.25) is 10.0 Å². The lowest BCUT2D eigenvalue weighted by molar-refractivity contribution is 0.594. The number of anilines is 1. The number of aryl methyl sites for hydroxylation is 2. The molecule has 0 atom stereocenters. The van der Waals surface area contributed by atoms with Crippen molar-refractivity contribution in [3.63, 3.8) is 0 Å². The number of sulfonamides is 1. The van der Waals surface area contributed by atoms with Gasteiger partial charge in [-0.25, -0.2) is 8.42 Å². The second kappa shape index (κ2) is 4.84. The maximum atomic E-state index is 11.8. The highest BCUT2D eigenvalue weighted by Crippen LogP contribution is 2.19. The molecule has 0 aliphatic carbocycles. The highest BCUT2D eigenvalue weighted by Gasteiger charge is 2.17. The van der Waals surface area contributed by atoms with E-state index in [0.717, 1.165) is 11.1 Å². The maximum absolute atomic E-state index is 11.8. The first kappa shape index (κ1) is 13.0. The van der Waals surface area contributed by atoms with Crippen molar-refractivity contribution < 1.29 is 8.42 Å². The van der Waals surface area contributed by atoms with E-state index in [4.69, 9.17) is 5.73 Å². The van der Waals surface area contributed by atoms with E-state index >= 15 is 0 Å². The van der Waals surface area contributed by atoms with Gasteiger partial charge in [0.1, 0.15) is 0 Å². The number of nitrogens with two attached hydrogens (primary N) is 1. The molecule has 2 N–H and O–H groups in total.